The highest BCUT2D eigenvalue weighted by Gasteiger charge is 2.10. The molecule has 0 aliphatic carbocycles. The molecule has 0 saturated heterocycles. The van der Waals surface area contributed by atoms with Crippen molar-refractivity contribution in [3.05, 3.63) is 18.0 Å². The molecular weight excluding hydrogens is 244 g/mol. The second-order valence-corrected chi connectivity index (χ2v) is 4.71. The first-order chi connectivity index (χ1) is 8.78. The van der Waals surface area contributed by atoms with E-state index < -0.39 is 0 Å². The van der Waals surface area contributed by atoms with Gasteiger partial charge < -0.3 is 10.1 Å². The first kappa shape index (κ1) is 16.8. The average Bonchev–Trinajstić information content (AvgIpc) is 2.28. The lowest BCUT2D eigenvalue weighted by Crippen LogP contribution is -2.27. The fourth-order valence-electron chi connectivity index (χ4n) is 0.989. The summed E-state index contributed by atoms with van der Waals surface area (Å²) in [5.41, 5.74) is 0.410. The molecule has 0 aliphatic rings. The molecule has 0 atom stereocenters. The number of carbonyl (C=O) groups excluding carboxylic acids is 1. The Bertz CT molecular complexity index is 429. The lowest BCUT2D eigenvalue weighted by Gasteiger charge is -2.19. The molecule has 6 nitrogen and oxygen atoms in total. The summed E-state index contributed by atoms with van der Waals surface area (Å²) in [7, 11) is 0. The van der Waals surface area contributed by atoms with Crippen LogP contribution in [0, 0.1) is 11.3 Å². The molecule has 1 heterocycles. The van der Waals surface area contributed by atoms with Gasteiger partial charge in [-0.15, -0.1) is 0 Å². The highest BCUT2D eigenvalue weighted by Crippen LogP contribution is 2.08. The standard InChI is InChI=1S/C9H12N4.C4H8O2/c1-9(2,3)13-8-11-5-7(4-10)6-12-8;1-3-6-4(2)5/h5-6H,1-3H3,(H,11,12,13);3H2,1-2H3. The lowest BCUT2D eigenvalue weighted by atomic mass is 10.1. The fraction of sp³-hybridized carbons (Fsp3) is 0.538. The number of hydrogen-bond acceptors (Lipinski definition) is 6. The van der Waals surface area contributed by atoms with Crippen LogP contribution < -0.4 is 5.32 Å². The summed E-state index contributed by atoms with van der Waals surface area (Å²) in [6.45, 7) is 9.72. The molecule has 0 bridgehead atoms. The van der Waals surface area contributed by atoms with Crippen molar-refractivity contribution in [2.24, 2.45) is 0 Å². The Hall–Kier alpha value is -2.16. The van der Waals surface area contributed by atoms with Gasteiger partial charge in [0, 0.05) is 12.5 Å². The van der Waals surface area contributed by atoms with Gasteiger partial charge in [0.15, 0.2) is 0 Å². The van der Waals surface area contributed by atoms with Crippen LogP contribution in [0.3, 0.4) is 0 Å². The van der Waals surface area contributed by atoms with E-state index in [4.69, 9.17) is 5.26 Å². The minimum Gasteiger partial charge on any atom is -0.466 e. The van der Waals surface area contributed by atoms with Crippen LogP contribution >= 0.6 is 0 Å². The zero-order valence-corrected chi connectivity index (χ0v) is 12.0. The predicted octanol–water partition coefficient (Wildman–Crippen LogP) is 2.13. The molecule has 1 rings (SSSR count). The molecule has 104 valence electrons. The van der Waals surface area contributed by atoms with E-state index in [0.717, 1.165) is 0 Å². The van der Waals surface area contributed by atoms with Crippen LogP contribution in [0.5, 0.6) is 0 Å². The Morgan fingerprint density at radius 1 is 1.42 bits per heavy atom. The monoisotopic (exact) mass is 264 g/mol. The van der Waals surface area contributed by atoms with Crippen molar-refractivity contribution >= 4 is 11.9 Å². The van der Waals surface area contributed by atoms with E-state index in [1.54, 1.807) is 6.92 Å². The van der Waals surface area contributed by atoms with E-state index in [1.807, 2.05) is 26.8 Å². The molecule has 0 unspecified atom stereocenters. The summed E-state index contributed by atoms with van der Waals surface area (Å²) in [6.07, 6.45) is 3.00. The number of nitrogens with one attached hydrogen (secondary N) is 1. The first-order valence-corrected chi connectivity index (χ1v) is 5.92. The molecule has 0 amide bonds. The van der Waals surface area contributed by atoms with Gasteiger partial charge in [-0.05, 0) is 27.7 Å². The van der Waals surface area contributed by atoms with Crippen LogP contribution in [0.15, 0.2) is 12.4 Å². The van der Waals surface area contributed by atoms with Crippen molar-refractivity contribution in [3.8, 4) is 6.07 Å². The van der Waals surface area contributed by atoms with Gasteiger partial charge in [0.1, 0.15) is 6.07 Å². The normalized spacial score (nSPS) is 9.68. The Labute approximate surface area is 113 Å². The van der Waals surface area contributed by atoms with E-state index in [9.17, 15) is 4.79 Å². The largest absolute Gasteiger partial charge is 0.466 e. The highest BCUT2D eigenvalue weighted by atomic mass is 16.5. The number of hydrogen-bond donors (Lipinski definition) is 1. The number of rotatable bonds is 2. The first-order valence-electron chi connectivity index (χ1n) is 5.92. The number of nitrogens with zero attached hydrogens (tertiary/aromatic N) is 3. The SMILES string of the molecule is CC(C)(C)Nc1ncc(C#N)cn1.CCOC(C)=O. The maximum Gasteiger partial charge on any atom is 0.302 e. The molecule has 1 N–H and O–H groups in total. The molecule has 0 fully saturated rings. The number of aromatic nitrogens is 2. The van der Waals surface area contributed by atoms with Gasteiger partial charge in [-0.25, -0.2) is 9.97 Å². The van der Waals surface area contributed by atoms with E-state index in [2.05, 4.69) is 20.0 Å². The number of ether oxygens (including phenoxy) is 1. The van der Waals surface area contributed by atoms with Crippen LogP contribution in [0.4, 0.5) is 5.95 Å². The van der Waals surface area contributed by atoms with Crippen molar-refractivity contribution in [2.75, 3.05) is 11.9 Å². The molecule has 1 aromatic rings. The zero-order valence-electron chi connectivity index (χ0n) is 12.0. The van der Waals surface area contributed by atoms with E-state index in [1.165, 1.54) is 19.3 Å². The third-order valence-corrected chi connectivity index (χ3v) is 1.62. The van der Waals surface area contributed by atoms with Gasteiger partial charge >= 0.3 is 5.97 Å². The fourth-order valence-corrected chi connectivity index (χ4v) is 0.989. The minimum absolute atomic E-state index is 0.0613. The smallest absolute Gasteiger partial charge is 0.302 e. The molecule has 0 aromatic carbocycles. The van der Waals surface area contributed by atoms with Crippen LogP contribution in [0.1, 0.15) is 40.2 Å². The van der Waals surface area contributed by atoms with Gasteiger partial charge in [0.2, 0.25) is 5.95 Å². The van der Waals surface area contributed by atoms with Crippen molar-refractivity contribution in [2.45, 2.75) is 40.2 Å². The Kier molecular flexibility index (Phi) is 7.12. The summed E-state index contributed by atoms with van der Waals surface area (Å²) in [6, 6.07) is 1.96. The second kappa shape index (κ2) is 8.03. The van der Waals surface area contributed by atoms with Crippen molar-refractivity contribution in [1.82, 2.24) is 9.97 Å². The van der Waals surface area contributed by atoms with E-state index in [0.29, 0.717) is 18.1 Å². The molecule has 19 heavy (non-hydrogen) atoms. The maximum atomic E-state index is 9.82. The molecule has 0 radical (unpaired) electrons. The quantitative estimate of drug-likeness (QED) is 0.823. The van der Waals surface area contributed by atoms with Gasteiger partial charge in [0.25, 0.3) is 0 Å². The van der Waals surface area contributed by atoms with Gasteiger partial charge in [-0.2, -0.15) is 5.26 Å². The highest BCUT2D eigenvalue weighted by molar-refractivity contribution is 5.65. The Morgan fingerprint density at radius 2 is 1.95 bits per heavy atom. The van der Waals surface area contributed by atoms with E-state index in [-0.39, 0.29) is 11.5 Å². The Balaban J connectivity index is 0.000000459. The molecule has 6 heteroatoms. The van der Waals surface area contributed by atoms with Gasteiger partial charge in [-0.3, -0.25) is 4.79 Å². The minimum atomic E-state index is -0.211. The van der Waals surface area contributed by atoms with Crippen LogP contribution in [-0.2, 0) is 9.53 Å². The maximum absolute atomic E-state index is 9.82. The predicted molar refractivity (Wildman–Crippen MR) is 72.4 cm³/mol. The van der Waals surface area contributed by atoms with Crippen LogP contribution in [0.25, 0.3) is 0 Å². The van der Waals surface area contributed by atoms with Gasteiger partial charge in [-0.1, -0.05) is 0 Å². The summed E-state index contributed by atoms with van der Waals surface area (Å²) < 4.78 is 4.40. The number of esters is 1. The van der Waals surface area contributed by atoms with Crippen molar-refractivity contribution in [3.63, 3.8) is 0 Å². The molecule has 0 aliphatic heterocycles. The molecular formula is C13H20N4O2. The summed E-state index contributed by atoms with van der Waals surface area (Å²) in [5.74, 6) is 0.337. The van der Waals surface area contributed by atoms with Crippen molar-refractivity contribution in [1.29, 1.82) is 5.26 Å². The Morgan fingerprint density at radius 3 is 2.21 bits per heavy atom. The van der Waals surface area contributed by atoms with Crippen LogP contribution in [-0.4, -0.2) is 28.1 Å². The number of anilines is 1. The van der Waals surface area contributed by atoms with Crippen LogP contribution in [0.2, 0.25) is 0 Å². The molecule has 1 aromatic heterocycles. The summed E-state index contributed by atoms with van der Waals surface area (Å²) >= 11 is 0. The van der Waals surface area contributed by atoms with E-state index >= 15 is 0 Å². The third-order valence-electron chi connectivity index (χ3n) is 1.62. The lowest BCUT2D eigenvalue weighted by molar-refractivity contribution is -0.140. The summed E-state index contributed by atoms with van der Waals surface area (Å²) in [4.78, 5) is 17.8. The third kappa shape index (κ3) is 9.53. The zero-order chi connectivity index (χ0) is 14.9. The molecule has 0 spiro atoms. The number of nitriles is 1. The topological polar surface area (TPSA) is 87.9 Å². The average molecular weight is 264 g/mol. The number of carbonyl (C=O) groups is 1. The summed E-state index contributed by atoms with van der Waals surface area (Å²) in [5, 5.41) is 11.6. The van der Waals surface area contributed by atoms with Gasteiger partial charge in [0.05, 0.1) is 24.6 Å². The second-order valence-electron chi connectivity index (χ2n) is 4.71. The molecule has 0 saturated carbocycles. The van der Waals surface area contributed by atoms with Crippen molar-refractivity contribution < 1.29 is 9.53 Å².